The number of carbonyl (C=O) groups is 2. The van der Waals surface area contributed by atoms with Crippen LogP contribution in [0.2, 0.25) is 0 Å². The molecule has 1 saturated carbocycles. The van der Waals surface area contributed by atoms with Crippen molar-refractivity contribution in [3.05, 3.63) is 12.2 Å². The summed E-state index contributed by atoms with van der Waals surface area (Å²) in [6, 6.07) is 0. The lowest BCUT2D eigenvalue weighted by Crippen LogP contribution is -2.43. The van der Waals surface area contributed by atoms with Crippen molar-refractivity contribution in [1.82, 2.24) is 15.5 Å². The molecule has 2 bridgehead atoms. The Morgan fingerprint density at radius 2 is 1.92 bits per heavy atom. The SMILES string of the molecule is CCNC(=NCCSC)NCCN1C(=O)C2C3C=CC(C3)C2C1=O. The van der Waals surface area contributed by atoms with Gasteiger partial charge in [0.1, 0.15) is 0 Å². The normalized spacial score (nSPS) is 31.1. The average Bonchev–Trinajstić information content (AvgIpc) is 3.24. The fourth-order valence-electron chi connectivity index (χ4n) is 4.06. The fraction of sp³-hybridized carbons (Fsp3) is 0.706. The van der Waals surface area contributed by atoms with Gasteiger partial charge < -0.3 is 10.6 Å². The number of fused-ring (bicyclic) bond motifs is 5. The summed E-state index contributed by atoms with van der Waals surface area (Å²) in [6.07, 6.45) is 7.28. The van der Waals surface area contributed by atoms with Crippen LogP contribution in [-0.4, -0.2) is 60.9 Å². The van der Waals surface area contributed by atoms with Crippen LogP contribution < -0.4 is 10.6 Å². The van der Waals surface area contributed by atoms with Gasteiger partial charge in [-0.3, -0.25) is 19.5 Å². The number of nitrogens with one attached hydrogen (secondary N) is 2. The summed E-state index contributed by atoms with van der Waals surface area (Å²) in [5, 5.41) is 6.40. The van der Waals surface area contributed by atoms with Gasteiger partial charge in [-0.15, -0.1) is 0 Å². The first-order valence-corrected chi connectivity index (χ1v) is 10.1. The van der Waals surface area contributed by atoms with Crippen molar-refractivity contribution in [2.45, 2.75) is 13.3 Å². The van der Waals surface area contributed by atoms with E-state index in [0.717, 1.165) is 31.2 Å². The van der Waals surface area contributed by atoms with Crippen LogP contribution in [0, 0.1) is 23.7 Å². The highest BCUT2D eigenvalue weighted by molar-refractivity contribution is 7.98. The van der Waals surface area contributed by atoms with Crippen molar-refractivity contribution in [3.63, 3.8) is 0 Å². The van der Waals surface area contributed by atoms with Gasteiger partial charge in [0, 0.05) is 25.4 Å². The number of amides is 2. The van der Waals surface area contributed by atoms with E-state index in [0.29, 0.717) is 13.1 Å². The van der Waals surface area contributed by atoms with Crippen LogP contribution in [0.1, 0.15) is 13.3 Å². The molecule has 132 valence electrons. The quantitative estimate of drug-likeness (QED) is 0.233. The Kier molecular flexibility index (Phi) is 5.48. The molecule has 1 heterocycles. The number of hydrogen-bond acceptors (Lipinski definition) is 4. The summed E-state index contributed by atoms with van der Waals surface area (Å²) in [4.78, 5) is 31.1. The molecular formula is C17H26N4O2S. The van der Waals surface area contributed by atoms with Gasteiger partial charge in [0.25, 0.3) is 0 Å². The van der Waals surface area contributed by atoms with E-state index in [4.69, 9.17) is 0 Å². The lowest BCUT2D eigenvalue weighted by molar-refractivity contribution is -0.140. The smallest absolute Gasteiger partial charge is 0.233 e. The largest absolute Gasteiger partial charge is 0.357 e. The molecule has 0 aromatic rings. The topological polar surface area (TPSA) is 73.8 Å². The predicted octanol–water partition coefficient (Wildman–Crippen LogP) is 0.712. The van der Waals surface area contributed by atoms with Gasteiger partial charge in [-0.1, -0.05) is 12.2 Å². The van der Waals surface area contributed by atoms with Gasteiger partial charge in [-0.2, -0.15) is 11.8 Å². The minimum atomic E-state index is -0.101. The lowest BCUT2D eigenvalue weighted by atomic mass is 9.85. The third kappa shape index (κ3) is 3.18. The van der Waals surface area contributed by atoms with Gasteiger partial charge in [0.2, 0.25) is 11.8 Å². The zero-order valence-corrected chi connectivity index (χ0v) is 15.1. The van der Waals surface area contributed by atoms with Gasteiger partial charge in [0.05, 0.1) is 18.4 Å². The molecule has 2 N–H and O–H groups in total. The van der Waals surface area contributed by atoms with Crippen LogP contribution in [0.3, 0.4) is 0 Å². The number of rotatable bonds is 7. The van der Waals surface area contributed by atoms with Crippen LogP contribution >= 0.6 is 11.8 Å². The first-order chi connectivity index (χ1) is 11.7. The number of imide groups is 1. The molecule has 24 heavy (non-hydrogen) atoms. The molecule has 7 heteroatoms. The second kappa shape index (κ2) is 7.59. The highest BCUT2D eigenvalue weighted by Gasteiger charge is 2.58. The highest BCUT2D eigenvalue weighted by Crippen LogP contribution is 2.52. The third-order valence-electron chi connectivity index (χ3n) is 5.10. The Morgan fingerprint density at radius 3 is 2.50 bits per heavy atom. The number of allylic oxidation sites excluding steroid dienone is 2. The Balaban J connectivity index is 1.52. The van der Waals surface area contributed by atoms with Crippen molar-refractivity contribution in [3.8, 4) is 0 Å². The van der Waals surface area contributed by atoms with Crippen molar-refractivity contribution >= 4 is 29.5 Å². The lowest BCUT2D eigenvalue weighted by Gasteiger charge is -2.18. The molecule has 0 aromatic heterocycles. The molecule has 3 aliphatic rings. The maximum Gasteiger partial charge on any atom is 0.233 e. The molecule has 1 saturated heterocycles. The molecule has 6 nitrogen and oxygen atoms in total. The summed E-state index contributed by atoms with van der Waals surface area (Å²) in [5.41, 5.74) is 0. The first kappa shape index (κ1) is 17.3. The third-order valence-corrected chi connectivity index (χ3v) is 5.69. The van der Waals surface area contributed by atoms with Crippen LogP contribution in [0.25, 0.3) is 0 Å². The van der Waals surface area contributed by atoms with Crippen molar-refractivity contribution < 1.29 is 9.59 Å². The van der Waals surface area contributed by atoms with E-state index in [1.165, 1.54) is 4.90 Å². The van der Waals surface area contributed by atoms with E-state index in [1.54, 1.807) is 11.8 Å². The first-order valence-electron chi connectivity index (χ1n) is 8.72. The maximum absolute atomic E-state index is 12.6. The second-order valence-electron chi connectivity index (χ2n) is 6.51. The number of likely N-dealkylation sites (tertiary alicyclic amines) is 1. The average molecular weight is 350 g/mol. The van der Waals surface area contributed by atoms with Gasteiger partial charge in [-0.05, 0) is 31.4 Å². The maximum atomic E-state index is 12.6. The number of carbonyl (C=O) groups excluding carboxylic acids is 2. The Hall–Kier alpha value is -1.50. The standard InChI is InChI=1S/C17H26N4O2S/c1-3-18-17(20-7-9-24-2)19-6-8-21-15(22)13-11-4-5-12(10-11)14(13)16(21)23/h4-5,11-14H,3,6-10H2,1-2H3,(H2,18,19,20). The predicted molar refractivity (Wildman–Crippen MR) is 96.8 cm³/mol. The van der Waals surface area contributed by atoms with Crippen LogP contribution in [0.15, 0.2) is 17.1 Å². The Bertz CT molecular complexity index is 533. The van der Waals surface area contributed by atoms with Crippen molar-refractivity contribution in [2.75, 3.05) is 38.2 Å². The van der Waals surface area contributed by atoms with E-state index in [9.17, 15) is 9.59 Å². The molecule has 2 aliphatic carbocycles. The summed E-state index contributed by atoms with van der Waals surface area (Å²) in [5.74, 6) is 2.11. The van der Waals surface area contributed by atoms with E-state index >= 15 is 0 Å². The molecule has 4 atom stereocenters. The molecule has 0 radical (unpaired) electrons. The van der Waals surface area contributed by atoms with E-state index in [2.05, 4.69) is 34.0 Å². The number of hydrogen-bond donors (Lipinski definition) is 2. The van der Waals surface area contributed by atoms with Gasteiger partial charge in [0.15, 0.2) is 5.96 Å². The molecule has 3 rings (SSSR count). The summed E-state index contributed by atoms with van der Waals surface area (Å²) in [7, 11) is 0. The Labute approximate surface area is 147 Å². The van der Waals surface area contributed by atoms with E-state index in [-0.39, 0.29) is 35.5 Å². The van der Waals surface area contributed by atoms with Crippen molar-refractivity contribution in [1.29, 1.82) is 0 Å². The zero-order valence-electron chi connectivity index (χ0n) is 14.3. The van der Waals surface area contributed by atoms with Crippen LogP contribution in [0.4, 0.5) is 0 Å². The number of thioether (sulfide) groups is 1. The molecule has 1 aliphatic heterocycles. The minimum absolute atomic E-state index is 0.0213. The van der Waals surface area contributed by atoms with Crippen LogP contribution in [0.5, 0.6) is 0 Å². The molecule has 0 spiro atoms. The Morgan fingerprint density at radius 1 is 1.25 bits per heavy atom. The van der Waals surface area contributed by atoms with Gasteiger partial charge >= 0.3 is 0 Å². The number of guanidine groups is 1. The van der Waals surface area contributed by atoms with E-state index < -0.39 is 0 Å². The molecule has 4 unspecified atom stereocenters. The summed E-state index contributed by atoms with van der Waals surface area (Å²) < 4.78 is 0. The van der Waals surface area contributed by atoms with Gasteiger partial charge in [-0.25, -0.2) is 0 Å². The van der Waals surface area contributed by atoms with Crippen LogP contribution in [-0.2, 0) is 9.59 Å². The van der Waals surface area contributed by atoms with Crippen molar-refractivity contribution in [2.24, 2.45) is 28.7 Å². The molecule has 0 aromatic carbocycles. The minimum Gasteiger partial charge on any atom is -0.357 e. The molecule has 2 fully saturated rings. The zero-order chi connectivity index (χ0) is 17.1. The second-order valence-corrected chi connectivity index (χ2v) is 7.49. The highest BCUT2D eigenvalue weighted by atomic mass is 32.2. The number of nitrogens with zero attached hydrogens (tertiary/aromatic N) is 2. The monoisotopic (exact) mass is 350 g/mol. The fourth-order valence-corrected chi connectivity index (χ4v) is 4.33. The molecule has 2 amide bonds. The summed E-state index contributed by atoms with van der Waals surface area (Å²) >= 11 is 1.76. The molecular weight excluding hydrogens is 324 g/mol. The summed E-state index contributed by atoms with van der Waals surface area (Å²) in [6.45, 7) is 4.49. The van der Waals surface area contributed by atoms with E-state index in [1.807, 2.05) is 6.92 Å². The number of aliphatic imine (C=N–C) groups is 1.